The lowest BCUT2D eigenvalue weighted by Crippen LogP contribution is -2.23. The molecule has 0 unspecified atom stereocenters. The van der Waals surface area contributed by atoms with Gasteiger partial charge < -0.3 is 9.73 Å². The highest BCUT2D eigenvalue weighted by molar-refractivity contribution is 5.77. The normalized spacial score (nSPS) is 10.9. The standard InChI is InChI=1S/C18H17FN2O3/c1-21-15-8-6-12(10-16(15)24-18(21)23)11-20-17(22)9-7-13-4-2-3-5-14(13)19/h2-6,8,10H,7,9,11H2,1H3,(H,20,22). The highest BCUT2D eigenvalue weighted by atomic mass is 19.1. The van der Waals surface area contributed by atoms with Gasteiger partial charge >= 0.3 is 5.76 Å². The number of carbonyl (C=O) groups excluding carboxylic acids is 1. The van der Waals surface area contributed by atoms with E-state index in [0.717, 1.165) is 5.56 Å². The van der Waals surface area contributed by atoms with Gasteiger partial charge in [-0.05, 0) is 35.7 Å². The van der Waals surface area contributed by atoms with E-state index in [1.807, 2.05) is 6.07 Å². The topological polar surface area (TPSA) is 64.2 Å². The number of nitrogens with zero attached hydrogens (tertiary/aromatic N) is 1. The molecule has 6 heteroatoms. The highest BCUT2D eigenvalue weighted by Crippen LogP contribution is 2.14. The molecule has 0 fully saturated rings. The van der Waals surface area contributed by atoms with Crippen molar-refractivity contribution in [2.24, 2.45) is 7.05 Å². The molecule has 0 aliphatic carbocycles. The number of oxazole rings is 1. The van der Waals surface area contributed by atoms with Crippen LogP contribution < -0.4 is 11.1 Å². The summed E-state index contributed by atoms with van der Waals surface area (Å²) in [4.78, 5) is 23.4. The third-order valence-corrected chi connectivity index (χ3v) is 3.93. The summed E-state index contributed by atoms with van der Waals surface area (Å²) in [7, 11) is 1.64. The Bertz CT molecular complexity index is 943. The monoisotopic (exact) mass is 328 g/mol. The van der Waals surface area contributed by atoms with E-state index in [-0.39, 0.29) is 18.1 Å². The molecular weight excluding hydrogens is 311 g/mol. The lowest BCUT2D eigenvalue weighted by Gasteiger charge is -2.06. The van der Waals surface area contributed by atoms with E-state index in [1.165, 1.54) is 10.6 Å². The summed E-state index contributed by atoms with van der Waals surface area (Å²) in [5.41, 5.74) is 2.55. The van der Waals surface area contributed by atoms with Crippen molar-refractivity contribution in [3.05, 3.63) is 70.0 Å². The van der Waals surface area contributed by atoms with Crippen molar-refractivity contribution >= 4 is 17.0 Å². The number of aromatic nitrogens is 1. The molecule has 0 aliphatic rings. The summed E-state index contributed by atoms with van der Waals surface area (Å²) in [5.74, 6) is -0.876. The van der Waals surface area contributed by atoms with Crippen molar-refractivity contribution in [1.82, 2.24) is 9.88 Å². The molecule has 2 aromatic carbocycles. The van der Waals surface area contributed by atoms with Gasteiger partial charge in [0, 0.05) is 20.0 Å². The fourth-order valence-electron chi connectivity index (χ4n) is 2.53. The first-order valence-electron chi connectivity index (χ1n) is 7.63. The Kier molecular flexibility index (Phi) is 4.46. The van der Waals surface area contributed by atoms with E-state index in [0.29, 0.717) is 29.6 Å². The Morgan fingerprint density at radius 1 is 1.25 bits per heavy atom. The molecule has 0 bridgehead atoms. The molecule has 3 aromatic rings. The van der Waals surface area contributed by atoms with E-state index in [2.05, 4.69) is 5.32 Å². The molecule has 0 aliphatic heterocycles. The Hall–Kier alpha value is -2.89. The van der Waals surface area contributed by atoms with Gasteiger partial charge in [-0.3, -0.25) is 9.36 Å². The SMILES string of the molecule is Cn1c(=O)oc2cc(CNC(=O)CCc3ccccc3F)ccc21. The van der Waals surface area contributed by atoms with E-state index in [4.69, 9.17) is 4.42 Å². The third kappa shape index (κ3) is 3.37. The first-order chi connectivity index (χ1) is 11.5. The molecule has 0 saturated heterocycles. The molecule has 1 heterocycles. The van der Waals surface area contributed by atoms with E-state index in [9.17, 15) is 14.0 Å². The number of rotatable bonds is 5. The molecule has 0 atom stereocenters. The van der Waals surface area contributed by atoms with Crippen molar-refractivity contribution in [3.63, 3.8) is 0 Å². The third-order valence-electron chi connectivity index (χ3n) is 3.93. The second-order valence-electron chi connectivity index (χ2n) is 5.60. The molecule has 124 valence electrons. The van der Waals surface area contributed by atoms with Gasteiger partial charge in [0.2, 0.25) is 5.91 Å². The summed E-state index contributed by atoms with van der Waals surface area (Å²) < 4.78 is 20.0. The number of aryl methyl sites for hydroxylation is 2. The molecule has 3 rings (SSSR count). The van der Waals surface area contributed by atoms with Gasteiger partial charge in [0.05, 0.1) is 5.52 Å². The number of fused-ring (bicyclic) bond motifs is 1. The molecule has 1 N–H and O–H groups in total. The van der Waals surface area contributed by atoms with Gasteiger partial charge in [-0.25, -0.2) is 9.18 Å². The quantitative estimate of drug-likeness (QED) is 0.783. The van der Waals surface area contributed by atoms with Crippen LogP contribution in [0.25, 0.3) is 11.1 Å². The predicted octanol–water partition coefficient (Wildman–Crippen LogP) is 2.52. The number of hydrogen-bond donors (Lipinski definition) is 1. The van der Waals surface area contributed by atoms with Gasteiger partial charge in [-0.1, -0.05) is 24.3 Å². The van der Waals surface area contributed by atoms with Crippen molar-refractivity contribution in [3.8, 4) is 0 Å². The largest absolute Gasteiger partial charge is 0.419 e. The van der Waals surface area contributed by atoms with Crippen LogP contribution in [0.3, 0.4) is 0 Å². The number of carbonyl (C=O) groups is 1. The lowest BCUT2D eigenvalue weighted by atomic mass is 10.1. The van der Waals surface area contributed by atoms with Gasteiger partial charge in [0.25, 0.3) is 0 Å². The molecule has 0 radical (unpaired) electrons. The van der Waals surface area contributed by atoms with Crippen LogP contribution in [0.4, 0.5) is 4.39 Å². The summed E-state index contributed by atoms with van der Waals surface area (Å²) in [6.07, 6.45) is 0.564. The summed E-state index contributed by atoms with van der Waals surface area (Å²) >= 11 is 0. The van der Waals surface area contributed by atoms with Crippen LogP contribution in [0, 0.1) is 5.82 Å². The molecule has 5 nitrogen and oxygen atoms in total. The van der Waals surface area contributed by atoms with E-state index in [1.54, 1.807) is 37.4 Å². The Labute approximate surface area is 137 Å². The van der Waals surface area contributed by atoms with E-state index >= 15 is 0 Å². The van der Waals surface area contributed by atoms with Crippen molar-refractivity contribution < 1.29 is 13.6 Å². The molecule has 0 spiro atoms. The minimum atomic E-state index is -0.420. The Morgan fingerprint density at radius 2 is 2.04 bits per heavy atom. The number of amides is 1. The zero-order valence-electron chi connectivity index (χ0n) is 13.2. The maximum absolute atomic E-state index is 13.5. The minimum absolute atomic E-state index is 0.159. The van der Waals surface area contributed by atoms with Crippen LogP contribution in [-0.4, -0.2) is 10.5 Å². The van der Waals surface area contributed by atoms with Crippen LogP contribution in [0.15, 0.2) is 51.7 Å². The highest BCUT2D eigenvalue weighted by Gasteiger charge is 2.08. The Balaban J connectivity index is 1.58. The van der Waals surface area contributed by atoms with Gasteiger partial charge in [-0.15, -0.1) is 0 Å². The average molecular weight is 328 g/mol. The van der Waals surface area contributed by atoms with E-state index < -0.39 is 5.76 Å². The number of nitrogens with one attached hydrogen (secondary N) is 1. The second kappa shape index (κ2) is 6.70. The summed E-state index contributed by atoms with van der Waals surface area (Å²) in [5, 5.41) is 2.79. The smallest absolute Gasteiger partial charge is 0.408 e. The first kappa shape index (κ1) is 16.0. The number of hydrogen-bond acceptors (Lipinski definition) is 3. The minimum Gasteiger partial charge on any atom is -0.408 e. The fraction of sp³-hybridized carbons (Fsp3) is 0.222. The van der Waals surface area contributed by atoms with Crippen LogP contribution in [0.1, 0.15) is 17.5 Å². The van der Waals surface area contributed by atoms with Crippen LogP contribution in [0.2, 0.25) is 0 Å². The summed E-state index contributed by atoms with van der Waals surface area (Å²) in [6.45, 7) is 0.324. The van der Waals surface area contributed by atoms with Crippen molar-refractivity contribution in [1.29, 1.82) is 0 Å². The van der Waals surface area contributed by atoms with Crippen LogP contribution in [-0.2, 0) is 24.8 Å². The van der Waals surface area contributed by atoms with Gasteiger partial charge in [-0.2, -0.15) is 0 Å². The molecule has 0 saturated carbocycles. The lowest BCUT2D eigenvalue weighted by molar-refractivity contribution is -0.121. The molecule has 1 amide bonds. The van der Waals surface area contributed by atoms with Gasteiger partial charge in [0.1, 0.15) is 5.82 Å². The fourth-order valence-corrected chi connectivity index (χ4v) is 2.53. The predicted molar refractivity (Wildman–Crippen MR) is 88.0 cm³/mol. The van der Waals surface area contributed by atoms with Crippen LogP contribution >= 0.6 is 0 Å². The zero-order chi connectivity index (χ0) is 17.1. The first-order valence-corrected chi connectivity index (χ1v) is 7.63. The van der Waals surface area contributed by atoms with Crippen molar-refractivity contribution in [2.75, 3.05) is 0 Å². The average Bonchev–Trinajstić information content (AvgIpc) is 2.86. The second-order valence-corrected chi connectivity index (χ2v) is 5.60. The number of benzene rings is 2. The molecule has 1 aromatic heterocycles. The Morgan fingerprint density at radius 3 is 2.83 bits per heavy atom. The maximum atomic E-state index is 13.5. The van der Waals surface area contributed by atoms with Crippen molar-refractivity contribution in [2.45, 2.75) is 19.4 Å². The number of halogens is 1. The molecular formula is C18H17FN2O3. The summed E-state index contributed by atoms with van der Waals surface area (Å²) in [6, 6.07) is 11.8. The maximum Gasteiger partial charge on any atom is 0.419 e. The molecule has 24 heavy (non-hydrogen) atoms. The van der Waals surface area contributed by atoms with Crippen LogP contribution in [0.5, 0.6) is 0 Å². The van der Waals surface area contributed by atoms with Gasteiger partial charge in [0.15, 0.2) is 5.58 Å². The zero-order valence-corrected chi connectivity index (χ0v) is 13.2.